The number of hydrogen-bond donors (Lipinski definition) is 1. The summed E-state index contributed by atoms with van der Waals surface area (Å²) in [5, 5.41) is 2.85. The Morgan fingerprint density at radius 1 is 1.44 bits per heavy atom. The van der Waals surface area contributed by atoms with Gasteiger partial charge in [-0.05, 0) is 24.1 Å². The van der Waals surface area contributed by atoms with Crippen LogP contribution in [0.1, 0.15) is 25.8 Å². The number of rotatable bonds is 2. The van der Waals surface area contributed by atoms with Gasteiger partial charge in [0.1, 0.15) is 0 Å². The van der Waals surface area contributed by atoms with Crippen molar-refractivity contribution in [3.8, 4) is 0 Å². The molecule has 0 spiro atoms. The van der Waals surface area contributed by atoms with Gasteiger partial charge in [0.05, 0.1) is 11.4 Å². The Morgan fingerprint density at radius 3 is 2.78 bits per heavy atom. The molecule has 0 bridgehead atoms. The molecule has 0 aliphatic carbocycles. The lowest BCUT2D eigenvalue weighted by atomic mass is 10.1. The summed E-state index contributed by atoms with van der Waals surface area (Å²) in [4.78, 5) is 24.9. The first-order valence-corrected chi connectivity index (χ1v) is 6.72. The van der Waals surface area contributed by atoms with E-state index < -0.39 is 0 Å². The van der Waals surface area contributed by atoms with E-state index in [0.717, 1.165) is 22.1 Å². The minimum atomic E-state index is -0.0503. The van der Waals surface area contributed by atoms with Gasteiger partial charge in [0.15, 0.2) is 0 Å². The first-order chi connectivity index (χ1) is 8.52. The predicted molar refractivity (Wildman–Crippen MR) is 74.8 cm³/mol. The molecule has 5 heteroatoms. The Kier molecular flexibility index (Phi) is 3.71. The van der Waals surface area contributed by atoms with Crippen LogP contribution in [0.15, 0.2) is 16.6 Å². The van der Waals surface area contributed by atoms with E-state index in [2.05, 4.69) is 21.2 Å². The third-order valence-electron chi connectivity index (χ3n) is 3.00. The van der Waals surface area contributed by atoms with E-state index in [9.17, 15) is 9.59 Å². The Hall–Kier alpha value is -1.36. The van der Waals surface area contributed by atoms with Crippen molar-refractivity contribution in [2.75, 3.05) is 16.8 Å². The van der Waals surface area contributed by atoms with Crippen molar-refractivity contribution in [1.29, 1.82) is 0 Å². The molecule has 0 saturated carbocycles. The van der Waals surface area contributed by atoms with Gasteiger partial charge in [-0.2, -0.15) is 0 Å². The van der Waals surface area contributed by atoms with Gasteiger partial charge >= 0.3 is 0 Å². The van der Waals surface area contributed by atoms with Crippen molar-refractivity contribution in [3.05, 3.63) is 22.2 Å². The van der Waals surface area contributed by atoms with Gasteiger partial charge in [0, 0.05) is 24.4 Å². The highest BCUT2D eigenvalue weighted by atomic mass is 79.9. The highest BCUT2D eigenvalue weighted by molar-refractivity contribution is 9.10. The van der Waals surface area contributed by atoms with Gasteiger partial charge in [0.25, 0.3) is 0 Å². The van der Waals surface area contributed by atoms with Crippen molar-refractivity contribution in [2.24, 2.45) is 0 Å². The predicted octanol–water partition coefficient (Wildman–Crippen LogP) is 2.71. The molecule has 18 heavy (non-hydrogen) atoms. The number of nitrogens with one attached hydrogen (secondary N) is 1. The summed E-state index contributed by atoms with van der Waals surface area (Å²) in [6.07, 6.45) is 1.24. The standard InChI is InChI=1S/C13H15BrN2O2/c1-3-12(18)15-11-7-10(14)6-9-4-5-16(8(2)17)13(9)11/h6-7H,3-5H2,1-2H3,(H,15,18). The minimum Gasteiger partial charge on any atom is -0.324 e. The number of carbonyl (C=O) groups is 2. The van der Waals surface area contributed by atoms with Crippen LogP contribution in [0.25, 0.3) is 0 Å². The van der Waals surface area contributed by atoms with Gasteiger partial charge in [-0.25, -0.2) is 0 Å². The molecule has 1 heterocycles. The molecular formula is C13H15BrN2O2. The highest BCUT2D eigenvalue weighted by Gasteiger charge is 2.26. The summed E-state index contributed by atoms with van der Waals surface area (Å²) in [5.41, 5.74) is 2.64. The fraction of sp³-hybridized carbons (Fsp3) is 0.385. The molecule has 0 radical (unpaired) electrons. The molecule has 4 nitrogen and oxygen atoms in total. The number of anilines is 2. The molecule has 1 aliphatic rings. The van der Waals surface area contributed by atoms with E-state index in [4.69, 9.17) is 0 Å². The maximum atomic E-state index is 11.6. The Balaban J connectivity index is 2.46. The molecule has 2 amide bonds. The zero-order chi connectivity index (χ0) is 13.3. The van der Waals surface area contributed by atoms with E-state index in [1.165, 1.54) is 0 Å². The topological polar surface area (TPSA) is 49.4 Å². The van der Waals surface area contributed by atoms with Crippen LogP contribution in [-0.4, -0.2) is 18.4 Å². The fourth-order valence-corrected chi connectivity index (χ4v) is 2.66. The van der Waals surface area contributed by atoms with Crippen molar-refractivity contribution < 1.29 is 9.59 Å². The molecule has 0 unspecified atom stereocenters. The maximum Gasteiger partial charge on any atom is 0.224 e. The van der Waals surface area contributed by atoms with Gasteiger partial charge < -0.3 is 10.2 Å². The van der Waals surface area contributed by atoms with Crippen molar-refractivity contribution in [1.82, 2.24) is 0 Å². The quantitative estimate of drug-likeness (QED) is 0.913. The number of hydrogen-bond acceptors (Lipinski definition) is 2. The Bertz CT molecular complexity index is 514. The monoisotopic (exact) mass is 310 g/mol. The van der Waals surface area contributed by atoms with Crippen LogP contribution in [0.3, 0.4) is 0 Å². The molecule has 0 saturated heterocycles. The number of nitrogens with zero attached hydrogens (tertiary/aromatic N) is 1. The molecule has 0 atom stereocenters. The molecule has 1 N–H and O–H groups in total. The highest BCUT2D eigenvalue weighted by Crippen LogP contribution is 2.38. The summed E-state index contributed by atoms with van der Waals surface area (Å²) >= 11 is 3.43. The summed E-state index contributed by atoms with van der Waals surface area (Å²) < 4.78 is 0.915. The second-order valence-electron chi connectivity index (χ2n) is 4.28. The van der Waals surface area contributed by atoms with Gasteiger partial charge in [-0.15, -0.1) is 0 Å². The van der Waals surface area contributed by atoms with E-state index in [0.29, 0.717) is 18.7 Å². The van der Waals surface area contributed by atoms with Crippen molar-refractivity contribution in [2.45, 2.75) is 26.7 Å². The van der Waals surface area contributed by atoms with Crippen LogP contribution in [0, 0.1) is 0 Å². The molecule has 1 aromatic carbocycles. The number of fused-ring (bicyclic) bond motifs is 1. The Morgan fingerprint density at radius 2 is 2.17 bits per heavy atom. The van der Waals surface area contributed by atoms with E-state index in [1.54, 1.807) is 18.7 Å². The number of carbonyl (C=O) groups excluding carboxylic acids is 2. The largest absolute Gasteiger partial charge is 0.324 e. The SMILES string of the molecule is CCC(=O)Nc1cc(Br)cc2c1N(C(C)=O)CC2. The molecular weight excluding hydrogens is 296 g/mol. The van der Waals surface area contributed by atoms with Gasteiger partial charge in [0.2, 0.25) is 11.8 Å². The summed E-state index contributed by atoms with van der Waals surface area (Å²) in [6.45, 7) is 4.02. The van der Waals surface area contributed by atoms with Crippen LogP contribution in [-0.2, 0) is 16.0 Å². The molecule has 0 aromatic heterocycles. The lowest BCUT2D eigenvalue weighted by Gasteiger charge is -2.19. The fourth-order valence-electron chi connectivity index (χ4n) is 2.16. The van der Waals surface area contributed by atoms with Crippen molar-refractivity contribution >= 4 is 39.1 Å². The zero-order valence-corrected chi connectivity index (χ0v) is 12.0. The summed E-state index contributed by atoms with van der Waals surface area (Å²) in [5.74, 6) is -0.0474. The third-order valence-corrected chi connectivity index (χ3v) is 3.46. The smallest absolute Gasteiger partial charge is 0.224 e. The summed E-state index contributed by atoms with van der Waals surface area (Å²) in [7, 11) is 0. The molecule has 0 fully saturated rings. The maximum absolute atomic E-state index is 11.6. The van der Waals surface area contributed by atoms with E-state index in [1.807, 2.05) is 12.1 Å². The minimum absolute atomic E-state index is 0.00284. The van der Waals surface area contributed by atoms with Crippen LogP contribution >= 0.6 is 15.9 Å². The van der Waals surface area contributed by atoms with E-state index >= 15 is 0 Å². The second kappa shape index (κ2) is 5.10. The summed E-state index contributed by atoms with van der Waals surface area (Å²) in [6, 6.07) is 3.84. The number of benzene rings is 1. The van der Waals surface area contributed by atoms with Crippen LogP contribution < -0.4 is 10.2 Å². The van der Waals surface area contributed by atoms with Gasteiger partial charge in [-0.3, -0.25) is 9.59 Å². The average molecular weight is 311 g/mol. The van der Waals surface area contributed by atoms with Crippen LogP contribution in [0.2, 0.25) is 0 Å². The Labute approximate surface area is 114 Å². The molecule has 96 valence electrons. The van der Waals surface area contributed by atoms with E-state index in [-0.39, 0.29) is 11.8 Å². The van der Waals surface area contributed by atoms with Crippen LogP contribution in [0.5, 0.6) is 0 Å². The average Bonchev–Trinajstić information content (AvgIpc) is 2.72. The zero-order valence-electron chi connectivity index (χ0n) is 10.4. The lowest BCUT2D eigenvalue weighted by Crippen LogP contribution is -2.27. The number of halogens is 1. The molecule has 2 rings (SSSR count). The molecule has 1 aromatic rings. The lowest BCUT2D eigenvalue weighted by molar-refractivity contribution is -0.117. The van der Waals surface area contributed by atoms with Crippen LogP contribution in [0.4, 0.5) is 11.4 Å². The first-order valence-electron chi connectivity index (χ1n) is 5.93. The number of amides is 2. The van der Waals surface area contributed by atoms with Crippen molar-refractivity contribution in [3.63, 3.8) is 0 Å². The third kappa shape index (κ3) is 2.41. The first kappa shape index (κ1) is 13.1. The van der Waals surface area contributed by atoms with Gasteiger partial charge in [-0.1, -0.05) is 22.9 Å². The normalized spacial score (nSPS) is 13.4. The molecule has 1 aliphatic heterocycles. The second-order valence-corrected chi connectivity index (χ2v) is 5.20.